The fourth-order valence-electron chi connectivity index (χ4n) is 10.5. The van der Waals surface area contributed by atoms with Crippen LogP contribution >= 0.6 is 0 Å². The summed E-state index contributed by atoms with van der Waals surface area (Å²) in [5, 5.41) is 30.0. The van der Waals surface area contributed by atoms with Crippen LogP contribution < -0.4 is 20.9 Å². The SMILES string of the molecule is CC(N)c1cc(N(COCC[Si](C)(C)C)COCC[Si](C)(C)C)n2ncc(-c3cnc4ccc(F)cc4c3)c2n1.CC(NC(=O)C1(C)COC(C)(C)OC1)c1cc(N(COCC[Si](C)(C)C)COCC[Si](C)(C)C)n2ncc(-c3cnc4ccc(F)cc4c3)c2n1.CC1(C)OCC(C)(C(=O)O)CO1.[3H][B]O. The number of benzene rings is 2. The molecule has 24 nitrogen and oxygen atoms in total. The molecule has 0 saturated carbocycles. The van der Waals surface area contributed by atoms with Gasteiger partial charge in [0.15, 0.2) is 22.9 Å². The topological polar surface area (TPSA) is 279 Å². The molecule has 2 aliphatic heterocycles. The van der Waals surface area contributed by atoms with E-state index in [2.05, 4.69) is 98.7 Å². The molecule has 2 fully saturated rings. The average Bonchev–Trinajstić information content (AvgIpc) is 1.59. The Morgan fingerprint density at radius 3 is 1.27 bits per heavy atom. The molecule has 8 heterocycles. The third-order valence-electron chi connectivity index (χ3n) is 17.8. The molecule has 575 valence electrons. The number of ether oxygens (including phenoxy) is 8. The maximum absolute atomic E-state index is 14.2. The molecule has 0 spiro atoms. The van der Waals surface area contributed by atoms with E-state index in [0.29, 0.717) is 79.0 Å². The van der Waals surface area contributed by atoms with E-state index in [4.69, 9.17) is 75.3 Å². The van der Waals surface area contributed by atoms with E-state index in [1.165, 1.54) is 24.3 Å². The summed E-state index contributed by atoms with van der Waals surface area (Å²) in [5.74, 6) is -1.59. The van der Waals surface area contributed by atoms with Crippen LogP contribution in [0, 0.1) is 22.5 Å². The van der Waals surface area contributed by atoms with Gasteiger partial charge >= 0.3 is 5.97 Å². The molecule has 2 atom stereocenters. The van der Waals surface area contributed by atoms with Crippen LogP contribution in [0.5, 0.6) is 0 Å². The minimum atomic E-state index is -1.32. The quantitative estimate of drug-likeness (QED) is 0.0193. The van der Waals surface area contributed by atoms with Gasteiger partial charge in [-0.25, -0.2) is 18.7 Å². The predicted octanol–water partition coefficient (Wildman–Crippen LogP) is 13.7. The number of nitrogens with one attached hydrogen (secondary N) is 1. The highest BCUT2D eigenvalue weighted by Crippen LogP contribution is 2.36. The second kappa shape index (κ2) is 36.1. The highest BCUT2D eigenvalue weighted by molar-refractivity contribution is 6.77. The lowest BCUT2D eigenvalue weighted by Gasteiger charge is -2.40. The number of fused-ring (bicyclic) bond motifs is 4. The van der Waals surface area contributed by atoms with Crippen molar-refractivity contribution in [3.05, 3.63) is 108 Å². The number of halogens is 2. The van der Waals surface area contributed by atoms with Crippen LogP contribution in [0.3, 0.4) is 0 Å². The van der Waals surface area contributed by atoms with Crippen LogP contribution in [0.4, 0.5) is 20.4 Å². The van der Waals surface area contributed by atoms with Gasteiger partial charge in [0.05, 0.1) is 72.7 Å². The molecule has 0 bridgehead atoms. The first kappa shape index (κ1) is 84.1. The number of aliphatic carboxylic acids is 1. The van der Waals surface area contributed by atoms with E-state index < -0.39 is 66.7 Å². The Bertz CT molecular complexity index is 4170. The van der Waals surface area contributed by atoms with Gasteiger partial charge in [-0.15, -0.1) is 0 Å². The summed E-state index contributed by atoms with van der Waals surface area (Å²) in [7, 11) is -4.84. The number of carboxylic acids is 1. The zero-order chi connectivity index (χ0) is 78.4. The zero-order valence-corrected chi connectivity index (χ0v) is 69.4. The first-order valence-electron chi connectivity index (χ1n) is 36.4. The number of carbonyl (C=O) groups is 2. The van der Waals surface area contributed by atoms with Crippen molar-refractivity contribution in [2.75, 3.05) is 89.6 Å². The first-order chi connectivity index (χ1) is 49.4. The van der Waals surface area contributed by atoms with Crippen molar-refractivity contribution in [1.29, 1.82) is 1.34 Å². The number of nitrogens with zero attached hydrogens (tertiary/aromatic N) is 10. The number of aromatic nitrogens is 8. The number of carboxylic acid groups (broad SMARTS) is 1. The Morgan fingerprint density at radius 2 is 0.924 bits per heavy atom. The van der Waals surface area contributed by atoms with Gasteiger partial charge in [-0.1, -0.05) is 78.6 Å². The summed E-state index contributed by atoms with van der Waals surface area (Å²) in [4.78, 5) is 47.6. The molecule has 105 heavy (non-hydrogen) atoms. The van der Waals surface area contributed by atoms with Crippen molar-refractivity contribution in [2.45, 2.75) is 182 Å². The maximum Gasteiger partial charge on any atom is 0.314 e. The fraction of sp³-hybridized carbons (Fsp3) is 0.568. The van der Waals surface area contributed by atoms with Crippen molar-refractivity contribution in [1.82, 2.24) is 44.5 Å². The molecule has 2 saturated heterocycles. The molecule has 10 rings (SSSR count). The van der Waals surface area contributed by atoms with Crippen LogP contribution in [-0.4, -0.2) is 194 Å². The molecular formula is C74H114BF2N12O12Si4. The van der Waals surface area contributed by atoms with Crippen LogP contribution in [-0.2, 0) is 47.5 Å². The highest BCUT2D eigenvalue weighted by atomic mass is 28.3. The smallest absolute Gasteiger partial charge is 0.314 e. The third kappa shape index (κ3) is 25.3. The lowest BCUT2D eigenvalue weighted by Crippen LogP contribution is -2.53. The zero-order valence-electron chi connectivity index (χ0n) is 66.4. The van der Waals surface area contributed by atoms with Crippen LogP contribution in [0.15, 0.2) is 85.5 Å². The largest absolute Gasteiger partial charge is 0.481 e. The van der Waals surface area contributed by atoms with E-state index in [9.17, 15) is 18.4 Å². The highest BCUT2D eigenvalue weighted by Gasteiger charge is 2.44. The van der Waals surface area contributed by atoms with Crippen molar-refractivity contribution in [3.63, 3.8) is 0 Å². The third-order valence-corrected chi connectivity index (χ3v) is 24.6. The van der Waals surface area contributed by atoms with Gasteiger partial charge in [0.2, 0.25) is 5.91 Å². The minimum Gasteiger partial charge on any atom is -0.481 e. The Hall–Kier alpha value is -6.57. The number of pyridine rings is 2. The van der Waals surface area contributed by atoms with Crippen molar-refractivity contribution < 1.29 is 66.4 Å². The molecule has 1 radical (unpaired) electrons. The summed E-state index contributed by atoms with van der Waals surface area (Å²) in [6.07, 6.45) is 7.04. The molecule has 2 unspecified atom stereocenters. The lowest BCUT2D eigenvalue weighted by atomic mass is 9.90. The van der Waals surface area contributed by atoms with Crippen LogP contribution in [0.25, 0.3) is 55.4 Å². The fourth-order valence-corrected chi connectivity index (χ4v) is 13.5. The van der Waals surface area contributed by atoms with Crippen LogP contribution in [0.2, 0.25) is 103 Å². The second-order valence-electron chi connectivity index (χ2n) is 33.6. The number of hydrogen-bond donors (Lipinski definition) is 4. The lowest BCUT2D eigenvalue weighted by molar-refractivity contribution is -0.280. The Kier molecular flexibility index (Phi) is 28.9. The second-order valence-corrected chi connectivity index (χ2v) is 56.1. The van der Waals surface area contributed by atoms with E-state index in [1.54, 1.807) is 66.7 Å². The number of carbonyl (C=O) groups excluding carboxylic acids is 1. The number of nitrogens with two attached hydrogens (primary N) is 1. The molecule has 2 aromatic carbocycles. The molecule has 31 heteroatoms. The Morgan fingerprint density at radius 1 is 0.581 bits per heavy atom. The molecule has 0 aliphatic carbocycles. The summed E-state index contributed by atoms with van der Waals surface area (Å²) in [6.45, 7) is 47.4. The summed E-state index contributed by atoms with van der Waals surface area (Å²) in [6, 6.07) is 20.3. The molecule has 5 N–H and O–H groups in total. The Balaban J connectivity index is 0.000000252. The van der Waals surface area contributed by atoms with Crippen molar-refractivity contribution >= 4 is 96.9 Å². The van der Waals surface area contributed by atoms with Crippen molar-refractivity contribution in [2.24, 2.45) is 16.6 Å². The molecule has 1 amide bonds. The predicted molar refractivity (Wildman–Crippen MR) is 423 cm³/mol. The number of anilines is 2. The van der Waals surface area contributed by atoms with Gasteiger partial charge in [-0.3, -0.25) is 19.6 Å². The minimum absolute atomic E-state index is 0.190. The van der Waals surface area contributed by atoms with Gasteiger partial charge in [0.1, 0.15) is 55.6 Å². The van der Waals surface area contributed by atoms with E-state index >= 15 is 0 Å². The van der Waals surface area contributed by atoms with E-state index in [0.717, 1.165) is 63.5 Å². The summed E-state index contributed by atoms with van der Waals surface area (Å²) < 4.78 is 84.5. The summed E-state index contributed by atoms with van der Waals surface area (Å²) in [5.41, 5.74) is 11.6. The molecule has 8 aromatic rings. The summed E-state index contributed by atoms with van der Waals surface area (Å²) >= 11 is 0. The average molecular weight is 1530 g/mol. The molecular weight excluding hydrogens is 1410 g/mol. The van der Waals surface area contributed by atoms with Gasteiger partial charge in [0, 0.05) is 124 Å². The maximum atomic E-state index is 14.2. The van der Waals surface area contributed by atoms with Gasteiger partial charge < -0.3 is 68.9 Å². The standard InChI is InChI=1S/C37H55FN6O5Si2.C29H43FN6O2Si2.C8H14O4.BH2O/c1-26(41-35(45)37(4)22-48-36(2,3)49-23-37)32-19-33(43(24-46-13-15-50(5,6)7)25-47-14-16-51(8,9)10)44-34(42-32)30(21-40-44)28-17-27-18-29(38)11-12-31(27)39-20-28;1-21(31)27-16-28(35(19-37-10-12-39(2,3)4)20-38-11-13-40(5,6)7)36-29(34-27)25(18-33-36)23-14-22-15-24(30)8-9-26(22)32-17-23;1-7(2)11-4-8(3,5-12-7)6(9)10;1-2/h11-12,17-21,26H,13-16,22-25H2,1-10H3,(H,41,45);8-9,14-18,21H,10-13,19-20,31H2,1-7H3;4-5H2,1-3H3,(H,9,10);1-2H/i;;;1T. The van der Waals surface area contributed by atoms with E-state index in [-0.39, 0.29) is 71.5 Å². The van der Waals surface area contributed by atoms with Crippen LogP contribution in [0.1, 0.15) is 78.9 Å². The Labute approximate surface area is 624 Å². The monoisotopic (exact) mass is 1530 g/mol. The molecule has 6 aromatic heterocycles. The van der Waals surface area contributed by atoms with E-state index in [1.807, 2.05) is 63.8 Å². The molecule has 2 aliphatic rings. The van der Waals surface area contributed by atoms with Gasteiger partial charge in [0.25, 0.3) is 8.01 Å². The van der Waals surface area contributed by atoms with Gasteiger partial charge in [-0.05, 0) is 128 Å². The number of rotatable bonds is 29. The number of amides is 1. The van der Waals surface area contributed by atoms with Gasteiger partial charge in [-0.2, -0.15) is 19.2 Å². The van der Waals surface area contributed by atoms with Crippen molar-refractivity contribution in [3.8, 4) is 22.3 Å². The number of hydrogen-bond acceptors (Lipinski definition) is 20. The normalized spacial score (nSPS) is 16.4. The first-order valence-corrected chi connectivity index (χ1v) is 50.6.